The Balaban J connectivity index is 2.69. The first-order chi connectivity index (χ1) is 6.85. The maximum atomic E-state index is 3.18. The average molecular weight is 186 g/mol. The molecule has 0 atom stereocenters. The van der Waals surface area contributed by atoms with Crippen molar-refractivity contribution < 1.29 is 0 Å². The number of fused-ring (bicyclic) bond motifs is 1. The molecule has 0 unspecified atom stereocenters. The first-order valence-electron chi connectivity index (χ1n) is 4.73. The van der Waals surface area contributed by atoms with Gasteiger partial charge < -0.3 is 10.6 Å². The maximum absolute atomic E-state index is 3.18. The zero-order valence-electron chi connectivity index (χ0n) is 8.46. The molecule has 0 bridgehead atoms. The van der Waals surface area contributed by atoms with Crippen LogP contribution in [0.5, 0.6) is 0 Å². The summed E-state index contributed by atoms with van der Waals surface area (Å²) in [7, 11) is 3.87. The molecule has 2 heteroatoms. The van der Waals surface area contributed by atoms with Gasteiger partial charge in [-0.2, -0.15) is 0 Å². The second-order valence-corrected chi connectivity index (χ2v) is 3.24. The Kier molecular flexibility index (Phi) is 2.27. The van der Waals surface area contributed by atoms with Gasteiger partial charge >= 0.3 is 0 Å². The van der Waals surface area contributed by atoms with Crippen molar-refractivity contribution in [2.75, 3.05) is 24.7 Å². The third-order valence-corrected chi connectivity index (χ3v) is 2.42. The Hall–Kier alpha value is -1.70. The molecule has 14 heavy (non-hydrogen) atoms. The van der Waals surface area contributed by atoms with Crippen molar-refractivity contribution in [2.45, 2.75) is 0 Å². The van der Waals surface area contributed by atoms with E-state index in [0.717, 1.165) is 11.4 Å². The number of hydrogen-bond donors (Lipinski definition) is 2. The van der Waals surface area contributed by atoms with E-state index in [2.05, 4.69) is 47.0 Å². The van der Waals surface area contributed by atoms with Crippen LogP contribution < -0.4 is 10.6 Å². The molecule has 0 heterocycles. The summed E-state index contributed by atoms with van der Waals surface area (Å²) < 4.78 is 0. The van der Waals surface area contributed by atoms with E-state index in [0.29, 0.717) is 0 Å². The van der Waals surface area contributed by atoms with Gasteiger partial charge in [-0.15, -0.1) is 0 Å². The quantitative estimate of drug-likeness (QED) is 0.753. The zero-order chi connectivity index (χ0) is 9.97. The summed E-state index contributed by atoms with van der Waals surface area (Å²) in [4.78, 5) is 0. The fraction of sp³-hybridized carbons (Fsp3) is 0.167. The minimum Gasteiger partial charge on any atom is -0.386 e. The third kappa shape index (κ3) is 1.39. The van der Waals surface area contributed by atoms with E-state index in [1.54, 1.807) is 0 Å². The molecule has 2 rings (SSSR count). The third-order valence-electron chi connectivity index (χ3n) is 2.42. The van der Waals surface area contributed by atoms with Gasteiger partial charge in [0.25, 0.3) is 0 Å². The standard InChI is InChI=1S/C12H14N2/c1-13-11-7-9-5-3-4-6-10(9)8-12(11)14-2/h3-8,13-14H,1-2H3. The molecule has 0 saturated carbocycles. The van der Waals surface area contributed by atoms with Gasteiger partial charge in [-0.25, -0.2) is 0 Å². The normalized spacial score (nSPS) is 10.1. The molecule has 2 nitrogen and oxygen atoms in total. The lowest BCUT2D eigenvalue weighted by Crippen LogP contribution is -1.96. The van der Waals surface area contributed by atoms with Crippen molar-refractivity contribution >= 4 is 22.1 Å². The number of rotatable bonds is 2. The van der Waals surface area contributed by atoms with Crippen LogP contribution in [-0.2, 0) is 0 Å². The Morgan fingerprint density at radius 3 is 1.57 bits per heavy atom. The summed E-state index contributed by atoms with van der Waals surface area (Å²) in [6.45, 7) is 0. The van der Waals surface area contributed by atoms with Gasteiger partial charge in [-0.3, -0.25) is 0 Å². The van der Waals surface area contributed by atoms with Crippen molar-refractivity contribution in [1.82, 2.24) is 0 Å². The molecule has 0 radical (unpaired) electrons. The molecule has 0 saturated heterocycles. The number of benzene rings is 2. The SMILES string of the molecule is CNc1cc2ccccc2cc1NC. The highest BCUT2D eigenvalue weighted by molar-refractivity contribution is 5.92. The largest absolute Gasteiger partial charge is 0.386 e. The van der Waals surface area contributed by atoms with Crippen molar-refractivity contribution in [2.24, 2.45) is 0 Å². The summed E-state index contributed by atoms with van der Waals surface area (Å²) in [5, 5.41) is 8.87. The van der Waals surface area contributed by atoms with Crippen LogP contribution in [0.15, 0.2) is 36.4 Å². The van der Waals surface area contributed by atoms with Gasteiger partial charge in [0.1, 0.15) is 0 Å². The predicted octanol–water partition coefficient (Wildman–Crippen LogP) is 2.92. The number of nitrogens with one attached hydrogen (secondary N) is 2. The second-order valence-electron chi connectivity index (χ2n) is 3.24. The molecular weight excluding hydrogens is 172 g/mol. The molecule has 2 aromatic carbocycles. The van der Waals surface area contributed by atoms with E-state index in [1.807, 2.05) is 14.1 Å². The predicted molar refractivity (Wildman–Crippen MR) is 63.0 cm³/mol. The summed E-state index contributed by atoms with van der Waals surface area (Å²) in [5.41, 5.74) is 2.26. The molecule has 0 aromatic heterocycles. The Morgan fingerprint density at radius 2 is 1.21 bits per heavy atom. The highest BCUT2D eigenvalue weighted by atomic mass is 14.9. The highest BCUT2D eigenvalue weighted by Gasteiger charge is 2.00. The van der Waals surface area contributed by atoms with Gasteiger partial charge in [0.15, 0.2) is 0 Å². The van der Waals surface area contributed by atoms with E-state index in [9.17, 15) is 0 Å². The molecule has 0 spiro atoms. The van der Waals surface area contributed by atoms with Crippen LogP contribution in [0.4, 0.5) is 11.4 Å². The van der Waals surface area contributed by atoms with Gasteiger partial charge in [-0.1, -0.05) is 24.3 Å². The minimum atomic E-state index is 1.13. The summed E-state index contributed by atoms with van der Waals surface area (Å²) in [6, 6.07) is 12.7. The molecule has 0 amide bonds. The molecule has 0 aliphatic rings. The second kappa shape index (κ2) is 3.58. The number of anilines is 2. The summed E-state index contributed by atoms with van der Waals surface area (Å²) in [6.07, 6.45) is 0. The molecule has 0 aliphatic heterocycles. The van der Waals surface area contributed by atoms with Gasteiger partial charge in [0.05, 0.1) is 11.4 Å². The van der Waals surface area contributed by atoms with Crippen LogP contribution in [-0.4, -0.2) is 14.1 Å². The molecule has 0 aliphatic carbocycles. The maximum Gasteiger partial charge on any atom is 0.0579 e. The zero-order valence-corrected chi connectivity index (χ0v) is 8.46. The number of hydrogen-bond acceptors (Lipinski definition) is 2. The molecular formula is C12H14N2. The smallest absolute Gasteiger partial charge is 0.0579 e. The van der Waals surface area contributed by atoms with Crippen LogP contribution in [0.25, 0.3) is 10.8 Å². The van der Waals surface area contributed by atoms with E-state index in [-0.39, 0.29) is 0 Å². The lowest BCUT2D eigenvalue weighted by molar-refractivity contribution is 1.47. The summed E-state index contributed by atoms with van der Waals surface area (Å²) >= 11 is 0. The van der Waals surface area contributed by atoms with Crippen LogP contribution in [0, 0.1) is 0 Å². The van der Waals surface area contributed by atoms with Crippen molar-refractivity contribution in [3.8, 4) is 0 Å². The van der Waals surface area contributed by atoms with Gasteiger partial charge in [-0.05, 0) is 22.9 Å². The van der Waals surface area contributed by atoms with Crippen LogP contribution >= 0.6 is 0 Å². The van der Waals surface area contributed by atoms with Crippen molar-refractivity contribution in [3.05, 3.63) is 36.4 Å². The first kappa shape index (κ1) is 8.88. The van der Waals surface area contributed by atoms with E-state index < -0.39 is 0 Å². The summed E-state index contributed by atoms with van der Waals surface area (Å²) in [5.74, 6) is 0. The average Bonchev–Trinajstić information content (AvgIpc) is 2.27. The van der Waals surface area contributed by atoms with Crippen LogP contribution in [0.3, 0.4) is 0 Å². The minimum absolute atomic E-state index is 1.13. The molecule has 72 valence electrons. The van der Waals surface area contributed by atoms with Crippen molar-refractivity contribution in [1.29, 1.82) is 0 Å². The van der Waals surface area contributed by atoms with Gasteiger partial charge in [0.2, 0.25) is 0 Å². The van der Waals surface area contributed by atoms with Gasteiger partial charge in [0, 0.05) is 14.1 Å². The first-order valence-corrected chi connectivity index (χ1v) is 4.73. The molecule has 2 N–H and O–H groups in total. The van der Waals surface area contributed by atoms with E-state index in [4.69, 9.17) is 0 Å². The monoisotopic (exact) mass is 186 g/mol. The molecule has 2 aromatic rings. The topological polar surface area (TPSA) is 24.1 Å². The van der Waals surface area contributed by atoms with E-state index in [1.165, 1.54) is 10.8 Å². The Bertz CT molecular complexity index is 407. The Labute approximate surface area is 83.9 Å². The highest BCUT2D eigenvalue weighted by Crippen LogP contribution is 2.27. The fourth-order valence-corrected chi connectivity index (χ4v) is 1.65. The van der Waals surface area contributed by atoms with Crippen LogP contribution in [0.1, 0.15) is 0 Å². The fourth-order valence-electron chi connectivity index (χ4n) is 1.65. The van der Waals surface area contributed by atoms with Crippen molar-refractivity contribution in [3.63, 3.8) is 0 Å². The van der Waals surface area contributed by atoms with Crippen LogP contribution in [0.2, 0.25) is 0 Å². The Morgan fingerprint density at radius 1 is 0.786 bits per heavy atom. The lowest BCUT2D eigenvalue weighted by Gasteiger charge is -2.10. The van der Waals surface area contributed by atoms with E-state index >= 15 is 0 Å². The lowest BCUT2D eigenvalue weighted by atomic mass is 10.1. The molecule has 0 fully saturated rings.